The Balaban J connectivity index is 2.64. The number of halogens is 1. The lowest BCUT2D eigenvalue weighted by Crippen LogP contribution is -1.99. The molecule has 2 heterocycles. The first kappa shape index (κ1) is 8.25. The van der Waals surface area contributed by atoms with Gasteiger partial charge in [-0.1, -0.05) is 0 Å². The second kappa shape index (κ2) is 3.18. The van der Waals surface area contributed by atoms with Gasteiger partial charge < -0.3 is 10.3 Å². The number of pyridine rings is 1. The molecule has 4 nitrogen and oxygen atoms in total. The molecule has 0 saturated carbocycles. The van der Waals surface area contributed by atoms with E-state index in [0.29, 0.717) is 5.69 Å². The molecule has 0 atom stereocenters. The number of anilines is 1. The smallest absolute Gasteiger partial charge is 0.0992 e. The maximum Gasteiger partial charge on any atom is 0.0992 e. The highest BCUT2D eigenvalue weighted by molar-refractivity contribution is 9.10. The summed E-state index contributed by atoms with van der Waals surface area (Å²) in [6.45, 7) is 0. The van der Waals surface area contributed by atoms with Crippen molar-refractivity contribution in [3.63, 3.8) is 0 Å². The van der Waals surface area contributed by atoms with Crippen LogP contribution in [0.4, 0.5) is 5.69 Å². The summed E-state index contributed by atoms with van der Waals surface area (Å²) >= 11 is 3.38. The Morgan fingerprint density at radius 2 is 2.15 bits per heavy atom. The van der Waals surface area contributed by atoms with Crippen LogP contribution in [0, 0.1) is 0 Å². The average Bonchev–Trinajstić information content (AvgIpc) is 2.57. The second-order valence-corrected chi connectivity index (χ2v) is 3.38. The number of hydrogen-bond acceptors (Lipinski definition) is 3. The van der Waals surface area contributed by atoms with E-state index in [2.05, 4.69) is 25.9 Å². The fourth-order valence-electron chi connectivity index (χ4n) is 1.11. The first-order chi connectivity index (χ1) is 6.29. The van der Waals surface area contributed by atoms with Crippen molar-refractivity contribution in [2.24, 2.45) is 0 Å². The van der Waals surface area contributed by atoms with Crippen LogP contribution < -0.4 is 5.73 Å². The third-order valence-electron chi connectivity index (χ3n) is 1.66. The van der Waals surface area contributed by atoms with Crippen LogP contribution in [0.5, 0.6) is 0 Å². The topological polar surface area (TPSA) is 56.7 Å². The molecule has 0 aliphatic carbocycles. The normalized spacial score (nSPS) is 10.2. The Morgan fingerprint density at radius 1 is 1.31 bits per heavy atom. The molecular weight excluding hydrogens is 232 g/mol. The summed E-state index contributed by atoms with van der Waals surface area (Å²) in [5.41, 5.74) is 7.26. The maximum absolute atomic E-state index is 5.77. The summed E-state index contributed by atoms with van der Waals surface area (Å²) in [7, 11) is 0. The summed E-state index contributed by atoms with van der Waals surface area (Å²) in [5, 5.41) is 0. The zero-order valence-corrected chi connectivity index (χ0v) is 8.27. The zero-order chi connectivity index (χ0) is 9.26. The lowest BCUT2D eigenvalue weighted by Gasteiger charge is -2.07. The van der Waals surface area contributed by atoms with Gasteiger partial charge in [-0.25, -0.2) is 4.98 Å². The first-order valence-electron chi connectivity index (χ1n) is 3.66. The van der Waals surface area contributed by atoms with Crippen molar-refractivity contribution in [2.75, 3.05) is 5.73 Å². The Kier molecular flexibility index (Phi) is 2.02. The number of aromatic nitrogens is 3. The first-order valence-corrected chi connectivity index (χ1v) is 4.45. The number of rotatable bonds is 1. The van der Waals surface area contributed by atoms with E-state index in [1.54, 1.807) is 24.9 Å². The number of hydrogen-bond donors (Lipinski definition) is 1. The summed E-state index contributed by atoms with van der Waals surface area (Å²) in [5.74, 6) is 0. The molecule has 0 radical (unpaired) electrons. The predicted octanol–water partition coefficient (Wildman–Crippen LogP) is 1.61. The van der Waals surface area contributed by atoms with E-state index in [-0.39, 0.29) is 0 Å². The molecule has 0 amide bonds. The molecule has 2 rings (SSSR count). The van der Waals surface area contributed by atoms with Gasteiger partial charge in [-0.15, -0.1) is 0 Å². The van der Waals surface area contributed by atoms with E-state index < -0.39 is 0 Å². The molecule has 0 aromatic carbocycles. The fraction of sp³-hybridized carbons (Fsp3) is 0. The summed E-state index contributed by atoms with van der Waals surface area (Å²) in [6.07, 6.45) is 8.53. The van der Waals surface area contributed by atoms with Gasteiger partial charge in [0.25, 0.3) is 0 Å². The zero-order valence-electron chi connectivity index (χ0n) is 6.68. The SMILES string of the molecule is Nc1cncc(Br)c1-n1ccnc1. The van der Waals surface area contributed by atoms with E-state index in [4.69, 9.17) is 5.73 Å². The van der Waals surface area contributed by atoms with Crippen molar-refractivity contribution in [3.8, 4) is 5.69 Å². The molecule has 2 N–H and O–H groups in total. The molecule has 0 saturated heterocycles. The summed E-state index contributed by atoms with van der Waals surface area (Å²) in [6, 6.07) is 0. The lowest BCUT2D eigenvalue weighted by molar-refractivity contribution is 1.04. The van der Waals surface area contributed by atoms with E-state index in [0.717, 1.165) is 10.2 Å². The molecule has 2 aromatic rings. The minimum absolute atomic E-state index is 0.618. The largest absolute Gasteiger partial charge is 0.396 e. The van der Waals surface area contributed by atoms with Crippen LogP contribution in [0.3, 0.4) is 0 Å². The molecule has 13 heavy (non-hydrogen) atoms. The van der Waals surface area contributed by atoms with Gasteiger partial charge in [0.2, 0.25) is 0 Å². The highest BCUT2D eigenvalue weighted by atomic mass is 79.9. The Morgan fingerprint density at radius 3 is 2.77 bits per heavy atom. The van der Waals surface area contributed by atoms with Crippen molar-refractivity contribution >= 4 is 21.6 Å². The Bertz CT molecular complexity index is 390. The van der Waals surface area contributed by atoms with Crippen molar-refractivity contribution in [3.05, 3.63) is 35.6 Å². The van der Waals surface area contributed by atoms with E-state index in [1.165, 1.54) is 0 Å². The van der Waals surface area contributed by atoms with Crippen LogP contribution in [-0.4, -0.2) is 14.5 Å². The highest BCUT2D eigenvalue weighted by Gasteiger charge is 2.05. The maximum atomic E-state index is 5.77. The van der Waals surface area contributed by atoms with Gasteiger partial charge >= 0.3 is 0 Å². The van der Waals surface area contributed by atoms with Crippen LogP contribution in [0.1, 0.15) is 0 Å². The van der Waals surface area contributed by atoms with Crippen LogP contribution in [0.25, 0.3) is 5.69 Å². The van der Waals surface area contributed by atoms with Crippen LogP contribution >= 0.6 is 15.9 Å². The molecule has 0 unspecified atom stereocenters. The van der Waals surface area contributed by atoms with Gasteiger partial charge in [-0.2, -0.15) is 0 Å². The molecule has 0 bridgehead atoms. The summed E-state index contributed by atoms with van der Waals surface area (Å²) < 4.78 is 2.69. The molecule has 0 aliphatic rings. The number of nitrogen functional groups attached to an aromatic ring is 1. The van der Waals surface area contributed by atoms with Crippen molar-refractivity contribution in [1.29, 1.82) is 0 Å². The Hall–Kier alpha value is -1.36. The van der Waals surface area contributed by atoms with Crippen LogP contribution in [0.15, 0.2) is 35.6 Å². The van der Waals surface area contributed by atoms with Gasteiger partial charge in [-0.3, -0.25) is 4.98 Å². The van der Waals surface area contributed by atoms with E-state index >= 15 is 0 Å². The van der Waals surface area contributed by atoms with Crippen LogP contribution in [-0.2, 0) is 0 Å². The van der Waals surface area contributed by atoms with Gasteiger partial charge in [0.05, 0.1) is 28.4 Å². The Labute approximate surface area is 83.6 Å². The van der Waals surface area contributed by atoms with E-state index in [9.17, 15) is 0 Å². The third-order valence-corrected chi connectivity index (χ3v) is 2.24. The van der Waals surface area contributed by atoms with E-state index in [1.807, 2.05) is 10.8 Å². The van der Waals surface area contributed by atoms with Crippen LogP contribution in [0.2, 0.25) is 0 Å². The molecule has 66 valence electrons. The standard InChI is InChI=1S/C8H7BrN4/c9-6-3-12-4-7(10)8(6)13-2-1-11-5-13/h1-5H,10H2. The van der Waals surface area contributed by atoms with Gasteiger partial charge in [-0.05, 0) is 15.9 Å². The van der Waals surface area contributed by atoms with Gasteiger partial charge in [0.1, 0.15) is 0 Å². The number of nitrogens with zero attached hydrogens (tertiary/aromatic N) is 3. The molecule has 0 fully saturated rings. The number of imidazole rings is 1. The molecule has 0 spiro atoms. The van der Waals surface area contributed by atoms with Crippen molar-refractivity contribution in [1.82, 2.24) is 14.5 Å². The molecule has 0 aliphatic heterocycles. The van der Waals surface area contributed by atoms with Gasteiger partial charge in [0, 0.05) is 18.6 Å². The summed E-state index contributed by atoms with van der Waals surface area (Å²) in [4.78, 5) is 7.90. The monoisotopic (exact) mass is 238 g/mol. The highest BCUT2D eigenvalue weighted by Crippen LogP contribution is 2.24. The van der Waals surface area contributed by atoms with Crippen molar-refractivity contribution < 1.29 is 0 Å². The molecular formula is C8H7BrN4. The second-order valence-electron chi connectivity index (χ2n) is 2.53. The fourth-order valence-corrected chi connectivity index (χ4v) is 1.66. The quantitative estimate of drug-likeness (QED) is 0.822. The minimum Gasteiger partial charge on any atom is -0.396 e. The molecule has 2 aromatic heterocycles. The number of nitrogens with two attached hydrogens (primary N) is 1. The third kappa shape index (κ3) is 1.42. The lowest BCUT2D eigenvalue weighted by atomic mass is 10.3. The van der Waals surface area contributed by atoms with Gasteiger partial charge in [0.15, 0.2) is 0 Å². The average molecular weight is 239 g/mol. The predicted molar refractivity (Wildman–Crippen MR) is 53.5 cm³/mol. The molecule has 5 heteroatoms. The minimum atomic E-state index is 0.618. The van der Waals surface area contributed by atoms with Crippen molar-refractivity contribution in [2.45, 2.75) is 0 Å².